The van der Waals surface area contributed by atoms with Crippen molar-refractivity contribution in [2.24, 2.45) is 0 Å². The van der Waals surface area contributed by atoms with Crippen molar-refractivity contribution in [3.8, 4) is 28.4 Å². The Balaban J connectivity index is 1.60. The molecule has 0 spiro atoms. The monoisotopic (exact) mass is 495 g/mol. The summed E-state index contributed by atoms with van der Waals surface area (Å²) in [5.41, 5.74) is 4.70. The molecule has 7 nitrogen and oxygen atoms in total. The van der Waals surface area contributed by atoms with Crippen LogP contribution < -0.4 is 14.8 Å². The lowest BCUT2D eigenvalue weighted by Crippen LogP contribution is -2.39. The van der Waals surface area contributed by atoms with Crippen LogP contribution in [0.3, 0.4) is 0 Å². The molecular formula is C28H30FNO6. The number of ether oxygens (including phenoxy) is 2. The van der Waals surface area contributed by atoms with Crippen molar-refractivity contribution in [1.29, 1.82) is 0 Å². The Morgan fingerprint density at radius 2 is 1.92 bits per heavy atom. The number of halogens is 1. The summed E-state index contributed by atoms with van der Waals surface area (Å²) in [6.45, 7) is 3.88. The molecule has 0 aliphatic heterocycles. The minimum absolute atomic E-state index is 0.207. The van der Waals surface area contributed by atoms with E-state index in [9.17, 15) is 24.5 Å². The van der Waals surface area contributed by atoms with Gasteiger partial charge in [0.25, 0.3) is 0 Å². The number of carbonyl (C=O) groups is 1. The number of aromatic hydroxyl groups is 1. The Hall–Kier alpha value is -3.62. The Labute approximate surface area is 209 Å². The smallest absolute Gasteiger partial charge is 0.323 e. The topological polar surface area (TPSA) is 108 Å². The van der Waals surface area contributed by atoms with Gasteiger partial charge in [-0.3, -0.25) is 10.1 Å². The molecule has 190 valence electrons. The molecule has 0 fully saturated rings. The molecular weight excluding hydrogens is 465 g/mol. The first-order valence-corrected chi connectivity index (χ1v) is 11.9. The maximum Gasteiger partial charge on any atom is 0.323 e. The molecule has 1 aliphatic carbocycles. The van der Waals surface area contributed by atoms with Crippen molar-refractivity contribution < 1.29 is 34.0 Å². The molecule has 2 atom stereocenters. The van der Waals surface area contributed by atoms with E-state index in [1.54, 1.807) is 18.2 Å². The lowest BCUT2D eigenvalue weighted by molar-refractivity contribution is -0.140. The van der Waals surface area contributed by atoms with Crippen molar-refractivity contribution >= 4 is 5.97 Å². The van der Waals surface area contributed by atoms with Gasteiger partial charge in [0.05, 0.1) is 13.2 Å². The quantitative estimate of drug-likeness (QED) is 0.328. The fourth-order valence-electron chi connectivity index (χ4n) is 4.62. The Morgan fingerprint density at radius 1 is 1.17 bits per heavy atom. The van der Waals surface area contributed by atoms with E-state index >= 15 is 0 Å². The predicted molar refractivity (Wildman–Crippen MR) is 133 cm³/mol. The van der Waals surface area contributed by atoms with Crippen molar-refractivity contribution in [3.05, 3.63) is 76.6 Å². The van der Waals surface area contributed by atoms with Crippen LogP contribution >= 0.6 is 0 Å². The Bertz CT molecular complexity index is 1260. The Morgan fingerprint density at radius 3 is 2.64 bits per heavy atom. The summed E-state index contributed by atoms with van der Waals surface area (Å²) >= 11 is 0. The zero-order chi connectivity index (χ0) is 25.8. The highest BCUT2D eigenvalue weighted by Crippen LogP contribution is 2.42. The number of phenols is 1. The fraction of sp³-hybridized carbons (Fsp3) is 0.321. The van der Waals surface area contributed by atoms with Crippen LogP contribution in [0.5, 0.6) is 17.2 Å². The van der Waals surface area contributed by atoms with Gasteiger partial charge in [0.15, 0.2) is 11.6 Å². The molecule has 0 heterocycles. The van der Waals surface area contributed by atoms with Crippen LogP contribution in [0, 0.1) is 12.7 Å². The second-order valence-electron chi connectivity index (χ2n) is 8.77. The number of carboxylic acid groups (broad SMARTS) is 1. The number of aliphatic carboxylic acids is 1. The van der Waals surface area contributed by atoms with Gasteiger partial charge in [-0.05, 0) is 61.1 Å². The van der Waals surface area contributed by atoms with Gasteiger partial charge in [0.2, 0.25) is 0 Å². The fourth-order valence-corrected chi connectivity index (χ4v) is 4.62. The number of aliphatic hydroxyl groups is 1. The number of carboxylic acids is 1. The molecule has 0 saturated carbocycles. The summed E-state index contributed by atoms with van der Waals surface area (Å²) in [7, 11) is 0. The average molecular weight is 496 g/mol. The minimum Gasteiger partial charge on any atom is -0.505 e. The second kappa shape index (κ2) is 11.0. The van der Waals surface area contributed by atoms with Gasteiger partial charge in [0.1, 0.15) is 23.6 Å². The van der Waals surface area contributed by atoms with Crippen molar-refractivity contribution in [1.82, 2.24) is 5.32 Å². The van der Waals surface area contributed by atoms with Crippen molar-refractivity contribution in [3.63, 3.8) is 0 Å². The zero-order valence-corrected chi connectivity index (χ0v) is 20.3. The number of phenolic OH excluding ortho intramolecular Hbond substituents is 1. The van der Waals surface area contributed by atoms with Gasteiger partial charge in [0, 0.05) is 23.7 Å². The van der Waals surface area contributed by atoms with Gasteiger partial charge < -0.3 is 24.8 Å². The van der Waals surface area contributed by atoms with Gasteiger partial charge in [-0.15, -0.1) is 0 Å². The minimum atomic E-state index is -1.13. The number of hydrogen-bond donors (Lipinski definition) is 4. The summed E-state index contributed by atoms with van der Waals surface area (Å²) in [6.07, 6.45) is 1.20. The number of aliphatic hydroxyl groups excluding tert-OH is 1. The van der Waals surface area contributed by atoms with Crippen LogP contribution in [0.2, 0.25) is 0 Å². The summed E-state index contributed by atoms with van der Waals surface area (Å²) in [5.74, 6) is -0.925. The van der Waals surface area contributed by atoms with E-state index in [0.717, 1.165) is 34.2 Å². The summed E-state index contributed by atoms with van der Waals surface area (Å²) in [5, 5.41) is 31.1. The normalized spacial score (nSPS) is 15.4. The summed E-state index contributed by atoms with van der Waals surface area (Å²) in [6, 6.07) is 12.9. The molecule has 3 aromatic carbocycles. The molecule has 1 aliphatic rings. The number of benzene rings is 3. The van der Waals surface area contributed by atoms with Crippen LogP contribution in [0.1, 0.15) is 41.7 Å². The van der Waals surface area contributed by atoms with Crippen molar-refractivity contribution in [2.45, 2.75) is 45.4 Å². The lowest BCUT2D eigenvalue weighted by Gasteiger charge is -2.21. The third kappa shape index (κ3) is 5.15. The maximum atomic E-state index is 14.6. The summed E-state index contributed by atoms with van der Waals surface area (Å²) < 4.78 is 26.9. The first kappa shape index (κ1) is 25.5. The number of aryl methyl sites for hydroxylation is 1. The molecule has 0 aromatic heterocycles. The third-order valence-electron chi connectivity index (χ3n) is 6.43. The molecule has 4 rings (SSSR count). The number of rotatable bonds is 10. The van der Waals surface area contributed by atoms with Crippen LogP contribution in [-0.2, 0) is 17.8 Å². The van der Waals surface area contributed by atoms with E-state index in [-0.39, 0.29) is 18.4 Å². The molecule has 3 aromatic rings. The number of hydrogen-bond acceptors (Lipinski definition) is 6. The van der Waals surface area contributed by atoms with Crippen LogP contribution in [0.25, 0.3) is 11.1 Å². The maximum absolute atomic E-state index is 14.6. The predicted octanol–water partition coefficient (Wildman–Crippen LogP) is 4.51. The summed E-state index contributed by atoms with van der Waals surface area (Å²) in [4.78, 5) is 11.2. The van der Waals surface area contributed by atoms with E-state index in [1.807, 2.05) is 38.1 Å². The molecule has 36 heavy (non-hydrogen) atoms. The molecule has 0 unspecified atom stereocenters. The van der Waals surface area contributed by atoms with Crippen LogP contribution in [0.15, 0.2) is 48.5 Å². The van der Waals surface area contributed by atoms with E-state index in [2.05, 4.69) is 5.32 Å². The lowest BCUT2D eigenvalue weighted by atomic mass is 9.96. The van der Waals surface area contributed by atoms with E-state index in [4.69, 9.17) is 9.47 Å². The first-order chi connectivity index (χ1) is 17.3. The molecule has 0 amide bonds. The second-order valence-corrected chi connectivity index (χ2v) is 8.77. The van der Waals surface area contributed by atoms with Gasteiger partial charge in [-0.25, -0.2) is 4.39 Å². The third-order valence-corrected chi connectivity index (χ3v) is 6.43. The molecule has 4 N–H and O–H groups in total. The number of nitrogens with one attached hydrogen (secondary N) is 1. The van der Waals surface area contributed by atoms with E-state index < -0.39 is 24.4 Å². The van der Waals surface area contributed by atoms with Gasteiger partial charge in [-0.2, -0.15) is 0 Å². The van der Waals surface area contributed by atoms with E-state index in [0.29, 0.717) is 30.1 Å². The van der Waals surface area contributed by atoms with Gasteiger partial charge >= 0.3 is 5.97 Å². The molecule has 0 bridgehead atoms. The van der Waals surface area contributed by atoms with Crippen LogP contribution in [0.4, 0.5) is 4.39 Å². The highest BCUT2D eigenvalue weighted by molar-refractivity contribution is 5.73. The first-order valence-electron chi connectivity index (χ1n) is 11.9. The average Bonchev–Trinajstić information content (AvgIpc) is 3.26. The van der Waals surface area contributed by atoms with Crippen molar-refractivity contribution in [2.75, 3.05) is 13.2 Å². The highest BCUT2D eigenvalue weighted by atomic mass is 19.1. The Kier molecular flexibility index (Phi) is 7.76. The highest BCUT2D eigenvalue weighted by Gasteiger charge is 2.28. The van der Waals surface area contributed by atoms with Crippen LogP contribution in [-0.4, -0.2) is 40.5 Å². The standard InChI is InChI=1S/C28H30FNO6/c1-3-35-26-13-25(16(2)12-17(26)14-30-22(15-31)28(33)34)36-24-11-10-19-18(6-4-7-20(19)24)21-8-5-9-23(32)27(21)29/h4-9,12-13,22,24,30-32H,3,10-11,14-15H2,1-2H3,(H,33,34)/t22-,24-/m0/s1. The van der Waals surface area contributed by atoms with E-state index in [1.165, 1.54) is 6.07 Å². The molecule has 0 saturated heterocycles. The number of fused-ring (bicyclic) bond motifs is 1. The largest absolute Gasteiger partial charge is 0.505 e. The zero-order valence-electron chi connectivity index (χ0n) is 20.3. The molecule has 8 heteroatoms. The molecule has 0 radical (unpaired) electrons. The SMILES string of the molecule is CCOc1cc(O[C@H]2CCc3c(-c4cccc(O)c4F)cccc32)c(C)cc1CN[C@@H](CO)C(=O)O. The van der Waals surface area contributed by atoms with Gasteiger partial charge in [-0.1, -0.05) is 30.3 Å².